The van der Waals surface area contributed by atoms with Crippen LogP contribution in [0.2, 0.25) is 0 Å². The van der Waals surface area contributed by atoms with Crippen molar-refractivity contribution in [1.29, 1.82) is 0 Å². The molecule has 0 rings (SSSR count). The van der Waals surface area contributed by atoms with Gasteiger partial charge in [0.25, 0.3) is 0 Å². The van der Waals surface area contributed by atoms with Crippen molar-refractivity contribution in [2.75, 3.05) is 0 Å². The van der Waals surface area contributed by atoms with Crippen molar-refractivity contribution in [3.8, 4) is 0 Å². The molecule has 0 aliphatic heterocycles. The summed E-state index contributed by atoms with van der Waals surface area (Å²) in [6.07, 6.45) is 3.66. The number of hydrogen-bond acceptors (Lipinski definition) is 1. The third-order valence-electron chi connectivity index (χ3n) is 1.82. The average molecular weight is 154 g/mol. The van der Waals surface area contributed by atoms with Gasteiger partial charge in [0.05, 0.1) is 0 Å². The first kappa shape index (κ1) is 10.4. The van der Waals surface area contributed by atoms with Crippen molar-refractivity contribution >= 4 is 5.78 Å². The average Bonchev–Trinajstić information content (AvgIpc) is 1.88. The highest BCUT2D eigenvalue weighted by Gasteiger charge is 2.10. The molecule has 0 saturated heterocycles. The Morgan fingerprint density at radius 2 is 1.73 bits per heavy atom. The first-order chi connectivity index (χ1) is 5.11. The van der Waals surface area contributed by atoms with E-state index in [1.807, 2.05) is 13.8 Å². The van der Waals surface area contributed by atoms with Gasteiger partial charge in [-0.25, -0.2) is 0 Å². The molecule has 0 heterocycles. The maximum atomic E-state index is 11.3. The molecule has 0 radical (unpaired) electrons. The second-order valence-corrected chi connectivity index (χ2v) is 3.14. The number of carbonyl (C=O) groups excluding carboxylic acids is 1. The second kappa shape index (κ2) is 5.11. The van der Waals surface area contributed by atoms with Gasteiger partial charge in [0, 0.05) is 5.92 Å². The van der Waals surface area contributed by atoms with Crippen molar-refractivity contribution in [2.24, 2.45) is 5.92 Å². The normalized spacial score (nSPS) is 9.91. The smallest absolute Gasteiger partial charge is 0.158 e. The Hall–Kier alpha value is -0.590. The largest absolute Gasteiger partial charge is 0.295 e. The molecule has 0 spiro atoms. The Bertz CT molecular complexity index is 148. The van der Waals surface area contributed by atoms with Crippen LogP contribution < -0.4 is 0 Å². The lowest BCUT2D eigenvalue weighted by Crippen LogP contribution is -2.09. The van der Waals surface area contributed by atoms with E-state index >= 15 is 0 Å². The number of allylic oxidation sites excluding steroid dienone is 2. The van der Waals surface area contributed by atoms with Crippen LogP contribution in [0, 0.1) is 5.92 Å². The van der Waals surface area contributed by atoms with Gasteiger partial charge in [-0.15, -0.1) is 0 Å². The van der Waals surface area contributed by atoms with Gasteiger partial charge in [0.2, 0.25) is 0 Å². The van der Waals surface area contributed by atoms with Crippen LogP contribution in [-0.2, 0) is 4.79 Å². The molecule has 1 nitrogen and oxygen atoms in total. The van der Waals surface area contributed by atoms with E-state index < -0.39 is 0 Å². The minimum Gasteiger partial charge on any atom is -0.295 e. The number of hydrogen-bond donors (Lipinski definition) is 0. The van der Waals surface area contributed by atoms with E-state index in [1.165, 1.54) is 0 Å². The van der Waals surface area contributed by atoms with Crippen LogP contribution in [0.1, 0.15) is 40.5 Å². The van der Waals surface area contributed by atoms with Crippen molar-refractivity contribution in [3.63, 3.8) is 0 Å². The summed E-state index contributed by atoms with van der Waals surface area (Å²) in [5, 5.41) is 0. The molecular formula is C10H18O. The van der Waals surface area contributed by atoms with Crippen LogP contribution in [0.5, 0.6) is 0 Å². The molecule has 0 aromatic heterocycles. The van der Waals surface area contributed by atoms with Crippen LogP contribution in [0.3, 0.4) is 0 Å². The fraction of sp³-hybridized carbons (Fsp3) is 0.700. The Kier molecular flexibility index (Phi) is 4.84. The van der Waals surface area contributed by atoms with Crippen molar-refractivity contribution in [3.05, 3.63) is 11.6 Å². The zero-order valence-corrected chi connectivity index (χ0v) is 7.98. The van der Waals surface area contributed by atoms with Crippen molar-refractivity contribution in [2.45, 2.75) is 40.5 Å². The van der Waals surface area contributed by atoms with Gasteiger partial charge in [-0.3, -0.25) is 4.79 Å². The Morgan fingerprint density at radius 1 is 1.27 bits per heavy atom. The molecule has 0 amide bonds. The lowest BCUT2D eigenvalue weighted by molar-refractivity contribution is -0.118. The fourth-order valence-corrected chi connectivity index (χ4v) is 1.09. The third-order valence-corrected chi connectivity index (χ3v) is 1.82. The van der Waals surface area contributed by atoms with E-state index in [0.717, 1.165) is 18.4 Å². The SMILES string of the molecule is CCC(CC)C(=O)C=C(C)C. The first-order valence-corrected chi connectivity index (χ1v) is 4.30. The molecule has 0 saturated carbocycles. The molecule has 11 heavy (non-hydrogen) atoms. The number of ketones is 1. The highest BCUT2D eigenvalue weighted by atomic mass is 16.1. The molecular weight excluding hydrogens is 136 g/mol. The van der Waals surface area contributed by atoms with E-state index in [0.29, 0.717) is 0 Å². The minimum atomic E-state index is 0.241. The lowest BCUT2D eigenvalue weighted by atomic mass is 9.97. The molecule has 0 aromatic carbocycles. The summed E-state index contributed by atoms with van der Waals surface area (Å²) in [5.41, 5.74) is 1.10. The Balaban J connectivity index is 4.11. The first-order valence-electron chi connectivity index (χ1n) is 4.30. The monoisotopic (exact) mass is 154 g/mol. The number of carbonyl (C=O) groups is 1. The Labute approximate surface area is 69.5 Å². The van der Waals surface area contributed by atoms with E-state index in [4.69, 9.17) is 0 Å². The molecule has 1 heteroatoms. The zero-order chi connectivity index (χ0) is 8.85. The van der Waals surface area contributed by atoms with Gasteiger partial charge in [-0.1, -0.05) is 19.4 Å². The predicted molar refractivity (Wildman–Crippen MR) is 48.5 cm³/mol. The molecule has 0 aromatic rings. The summed E-state index contributed by atoms with van der Waals surface area (Å²) < 4.78 is 0. The highest BCUT2D eigenvalue weighted by Crippen LogP contribution is 2.10. The maximum absolute atomic E-state index is 11.3. The summed E-state index contributed by atoms with van der Waals surface area (Å²) in [7, 11) is 0. The molecule has 0 atom stereocenters. The summed E-state index contributed by atoms with van der Waals surface area (Å²) >= 11 is 0. The fourth-order valence-electron chi connectivity index (χ4n) is 1.09. The van der Waals surface area contributed by atoms with Crippen LogP contribution in [0.4, 0.5) is 0 Å². The molecule has 0 fully saturated rings. The van der Waals surface area contributed by atoms with Crippen LogP contribution in [0.15, 0.2) is 11.6 Å². The summed E-state index contributed by atoms with van der Waals surface area (Å²) in [4.78, 5) is 11.3. The summed E-state index contributed by atoms with van der Waals surface area (Å²) in [6, 6.07) is 0. The van der Waals surface area contributed by atoms with Gasteiger partial charge < -0.3 is 0 Å². The van der Waals surface area contributed by atoms with Crippen molar-refractivity contribution in [1.82, 2.24) is 0 Å². The summed E-state index contributed by atoms with van der Waals surface area (Å²) in [6.45, 7) is 8.04. The van der Waals surface area contributed by atoms with Gasteiger partial charge >= 0.3 is 0 Å². The Morgan fingerprint density at radius 3 is 2.00 bits per heavy atom. The second-order valence-electron chi connectivity index (χ2n) is 3.14. The molecule has 0 bridgehead atoms. The molecule has 64 valence electrons. The quantitative estimate of drug-likeness (QED) is 0.569. The summed E-state index contributed by atoms with van der Waals surface area (Å²) in [5.74, 6) is 0.528. The van der Waals surface area contributed by atoms with Gasteiger partial charge in [0.15, 0.2) is 5.78 Å². The lowest BCUT2D eigenvalue weighted by Gasteiger charge is -2.06. The van der Waals surface area contributed by atoms with Crippen molar-refractivity contribution < 1.29 is 4.79 Å². The van der Waals surface area contributed by atoms with Crippen LogP contribution in [-0.4, -0.2) is 5.78 Å². The van der Waals surface area contributed by atoms with E-state index in [2.05, 4.69) is 13.8 Å². The highest BCUT2D eigenvalue weighted by molar-refractivity contribution is 5.92. The molecule has 0 aliphatic rings. The topological polar surface area (TPSA) is 17.1 Å². The molecule has 0 unspecified atom stereocenters. The van der Waals surface area contributed by atoms with Crippen LogP contribution >= 0.6 is 0 Å². The third kappa shape index (κ3) is 3.97. The van der Waals surface area contributed by atoms with E-state index in [-0.39, 0.29) is 11.7 Å². The molecule has 0 N–H and O–H groups in total. The maximum Gasteiger partial charge on any atom is 0.158 e. The van der Waals surface area contributed by atoms with E-state index in [9.17, 15) is 4.79 Å². The minimum absolute atomic E-state index is 0.241. The predicted octanol–water partition coefficient (Wildman–Crippen LogP) is 2.96. The zero-order valence-electron chi connectivity index (χ0n) is 7.98. The molecule has 0 aliphatic carbocycles. The number of rotatable bonds is 4. The standard InChI is InChI=1S/C10H18O/c1-5-9(6-2)10(11)7-8(3)4/h7,9H,5-6H2,1-4H3. The van der Waals surface area contributed by atoms with Crippen LogP contribution in [0.25, 0.3) is 0 Å². The van der Waals surface area contributed by atoms with E-state index in [1.54, 1.807) is 6.08 Å². The van der Waals surface area contributed by atoms with Gasteiger partial charge in [0.1, 0.15) is 0 Å². The van der Waals surface area contributed by atoms with Gasteiger partial charge in [-0.2, -0.15) is 0 Å². The van der Waals surface area contributed by atoms with Gasteiger partial charge in [-0.05, 0) is 32.8 Å².